The van der Waals surface area contributed by atoms with Crippen LogP contribution in [0, 0.1) is 17.0 Å². The summed E-state index contributed by atoms with van der Waals surface area (Å²) in [6, 6.07) is 13.4. The van der Waals surface area contributed by atoms with Crippen LogP contribution >= 0.6 is 11.8 Å². The van der Waals surface area contributed by atoms with E-state index in [4.69, 9.17) is 4.42 Å². The van der Waals surface area contributed by atoms with E-state index in [1.54, 1.807) is 6.07 Å². The number of hydrogen-bond donors (Lipinski definition) is 1. The van der Waals surface area contributed by atoms with Gasteiger partial charge >= 0.3 is 0 Å². The Hall–Kier alpha value is -3.20. The third-order valence-corrected chi connectivity index (χ3v) is 4.16. The lowest BCUT2D eigenvalue weighted by Gasteiger charge is -2.03. The number of non-ortho nitro benzene ring substituents is 1. The highest BCUT2D eigenvalue weighted by molar-refractivity contribution is 7.99. The summed E-state index contributed by atoms with van der Waals surface area (Å²) in [5, 5.41) is 21.5. The van der Waals surface area contributed by atoms with E-state index >= 15 is 0 Å². The van der Waals surface area contributed by atoms with Crippen molar-refractivity contribution in [2.24, 2.45) is 0 Å². The highest BCUT2D eigenvalue weighted by Crippen LogP contribution is 2.24. The third-order valence-electron chi connectivity index (χ3n) is 3.34. The normalized spacial score (nSPS) is 10.5. The molecule has 0 atom stereocenters. The zero-order valence-electron chi connectivity index (χ0n) is 13.7. The molecule has 0 radical (unpaired) electrons. The van der Waals surface area contributed by atoms with Crippen molar-refractivity contribution in [3.05, 3.63) is 64.2 Å². The summed E-state index contributed by atoms with van der Waals surface area (Å²) in [5.74, 6) is 0.0964. The maximum atomic E-state index is 12.0. The van der Waals surface area contributed by atoms with Crippen LogP contribution in [0.2, 0.25) is 0 Å². The van der Waals surface area contributed by atoms with Crippen molar-refractivity contribution in [1.82, 2.24) is 10.2 Å². The summed E-state index contributed by atoms with van der Waals surface area (Å²) in [7, 11) is 0. The Labute approximate surface area is 152 Å². The molecule has 3 rings (SSSR count). The summed E-state index contributed by atoms with van der Waals surface area (Å²) < 4.78 is 5.55. The lowest BCUT2D eigenvalue weighted by Crippen LogP contribution is -2.14. The summed E-state index contributed by atoms with van der Waals surface area (Å²) in [6.45, 7) is 1.97. The highest BCUT2D eigenvalue weighted by Gasteiger charge is 2.12. The van der Waals surface area contributed by atoms with Crippen molar-refractivity contribution in [1.29, 1.82) is 0 Å². The second kappa shape index (κ2) is 7.79. The number of anilines is 1. The van der Waals surface area contributed by atoms with Gasteiger partial charge in [-0.1, -0.05) is 35.5 Å². The third kappa shape index (κ3) is 4.45. The first-order valence-corrected chi connectivity index (χ1v) is 8.57. The number of nitro benzene ring substituents is 1. The molecule has 0 aliphatic rings. The van der Waals surface area contributed by atoms with E-state index in [1.807, 2.05) is 31.2 Å². The van der Waals surface area contributed by atoms with Gasteiger partial charge < -0.3 is 9.73 Å². The molecule has 0 spiro atoms. The monoisotopic (exact) mass is 370 g/mol. The molecule has 0 saturated heterocycles. The molecule has 132 valence electrons. The molecule has 1 aromatic heterocycles. The second-order valence-corrected chi connectivity index (χ2v) is 6.31. The molecule has 0 saturated carbocycles. The molecular formula is C17H14N4O4S. The van der Waals surface area contributed by atoms with E-state index in [1.165, 1.54) is 18.2 Å². The Bertz CT molecular complexity index is 957. The van der Waals surface area contributed by atoms with E-state index in [9.17, 15) is 14.9 Å². The minimum absolute atomic E-state index is 0.0398. The van der Waals surface area contributed by atoms with E-state index in [2.05, 4.69) is 15.5 Å². The average Bonchev–Trinajstić information content (AvgIpc) is 3.09. The van der Waals surface area contributed by atoms with Gasteiger partial charge in [0.05, 0.1) is 10.7 Å². The van der Waals surface area contributed by atoms with Crippen molar-refractivity contribution in [3.63, 3.8) is 0 Å². The Balaban J connectivity index is 1.58. The molecule has 0 aliphatic carbocycles. The maximum Gasteiger partial charge on any atom is 0.277 e. The fourth-order valence-corrected chi connectivity index (χ4v) is 2.75. The van der Waals surface area contributed by atoms with E-state index in [-0.39, 0.29) is 22.6 Å². The van der Waals surface area contributed by atoms with Crippen molar-refractivity contribution in [3.8, 4) is 11.5 Å². The van der Waals surface area contributed by atoms with Crippen LogP contribution in [0.1, 0.15) is 5.56 Å². The predicted molar refractivity (Wildman–Crippen MR) is 96.9 cm³/mol. The maximum absolute atomic E-state index is 12.0. The van der Waals surface area contributed by atoms with Crippen LogP contribution in [-0.4, -0.2) is 26.8 Å². The quantitative estimate of drug-likeness (QED) is 0.400. The number of benzene rings is 2. The van der Waals surface area contributed by atoms with Crippen molar-refractivity contribution in [2.75, 3.05) is 11.1 Å². The van der Waals surface area contributed by atoms with Crippen molar-refractivity contribution < 1.29 is 14.1 Å². The van der Waals surface area contributed by atoms with Gasteiger partial charge in [-0.05, 0) is 25.1 Å². The zero-order valence-corrected chi connectivity index (χ0v) is 14.5. The van der Waals surface area contributed by atoms with Gasteiger partial charge in [-0.15, -0.1) is 10.2 Å². The van der Waals surface area contributed by atoms with Crippen LogP contribution in [0.25, 0.3) is 11.5 Å². The van der Waals surface area contributed by atoms with Crippen LogP contribution in [0.15, 0.2) is 58.2 Å². The van der Waals surface area contributed by atoms with Gasteiger partial charge in [0.2, 0.25) is 11.8 Å². The Kier molecular flexibility index (Phi) is 5.28. The first-order valence-electron chi connectivity index (χ1n) is 7.59. The predicted octanol–water partition coefficient (Wildman–Crippen LogP) is 3.68. The van der Waals surface area contributed by atoms with Crippen LogP contribution < -0.4 is 5.32 Å². The first-order chi connectivity index (χ1) is 12.5. The number of aromatic nitrogens is 2. The molecule has 9 heteroatoms. The highest BCUT2D eigenvalue weighted by atomic mass is 32.2. The van der Waals surface area contributed by atoms with Gasteiger partial charge in [0.1, 0.15) is 0 Å². The molecule has 1 heterocycles. The molecule has 26 heavy (non-hydrogen) atoms. The fraction of sp³-hybridized carbons (Fsp3) is 0.118. The molecule has 1 amide bonds. The number of carbonyl (C=O) groups is 1. The first kappa shape index (κ1) is 17.6. The summed E-state index contributed by atoms with van der Waals surface area (Å²) in [5.41, 5.74) is 2.16. The summed E-state index contributed by atoms with van der Waals surface area (Å²) in [6.07, 6.45) is 0. The topological polar surface area (TPSA) is 111 Å². The number of hydrogen-bond acceptors (Lipinski definition) is 7. The van der Waals surface area contributed by atoms with Crippen molar-refractivity contribution >= 4 is 29.0 Å². The van der Waals surface area contributed by atoms with E-state index in [0.29, 0.717) is 11.6 Å². The van der Waals surface area contributed by atoms with Gasteiger partial charge in [0.25, 0.3) is 10.9 Å². The summed E-state index contributed by atoms with van der Waals surface area (Å²) >= 11 is 1.09. The standard InChI is InChI=1S/C17H14N4O4S/c1-11-4-2-5-12(8-11)16-19-20-17(25-16)26-10-15(22)18-13-6-3-7-14(9-13)21(23)24/h2-9H,10H2,1H3,(H,18,22). The Morgan fingerprint density at radius 3 is 2.81 bits per heavy atom. The van der Waals surface area contributed by atoms with Crippen LogP contribution in [0.4, 0.5) is 11.4 Å². The number of rotatable bonds is 6. The Morgan fingerprint density at radius 1 is 1.23 bits per heavy atom. The zero-order chi connectivity index (χ0) is 18.5. The molecule has 0 bridgehead atoms. The number of carbonyl (C=O) groups excluding carboxylic acids is 1. The minimum atomic E-state index is -0.518. The van der Waals surface area contributed by atoms with Gasteiger partial charge in [-0.3, -0.25) is 14.9 Å². The summed E-state index contributed by atoms with van der Waals surface area (Å²) in [4.78, 5) is 22.2. The largest absolute Gasteiger partial charge is 0.411 e. The molecule has 0 fully saturated rings. The number of thioether (sulfide) groups is 1. The lowest BCUT2D eigenvalue weighted by atomic mass is 10.1. The smallest absolute Gasteiger partial charge is 0.277 e. The van der Waals surface area contributed by atoms with Crippen molar-refractivity contribution in [2.45, 2.75) is 12.1 Å². The van der Waals surface area contributed by atoms with Gasteiger partial charge in [0, 0.05) is 23.4 Å². The molecule has 0 unspecified atom stereocenters. The van der Waals surface area contributed by atoms with Crippen LogP contribution in [-0.2, 0) is 4.79 Å². The van der Waals surface area contributed by atoms with E-state index < -0.39 is 4.92 Å². The SMILES string of the molecule is Cc1cccc(-c2nnc(SCC(=O)Nc3cccc([N+](=O)[O-])c3)o2)c1. The van der Waals surface area contributed by atoms with Gasteiger partial charge in [0.15, 0.2) is 0 Å². The number of amides is 1. The molecule has 3 aromatic rings. The minimum Gasteiger partial charge on any atom is -0.411 e. The number of nitro groups is 1. The lowest BCUT2D eigenvalue weighted by molar-refractivity contribution is -0.384. The number of nitrogens with one attached hydrogen (secondary N) is 1. The fourth-order valence-electron chi connectivity index (χ4n) is 2.18. The van der Waals surface area contributed by atoms with Crippen LogP contribution in [0.5, 0.6) is 0 Å². The molecule has 0 aliphatic heterocycles. The molecule has 2 aromatic carbocycles. The molecule has 8 nitrogen and oxygen atoms in total. The second-order valence-electron chi connectivity index (χ2n) is 5.39. The molecule has 1 N–H and O–H groups in total. The van der Waals surface area contributed by atoms with Crippen LogP contribution in [0.3, 0.4) is 0 Å². The number of nitrogens with zero attached hydrogens (tertiary/aromatic N) is 3. The van der Waals surface area contributed by atoms with E-state index in [0.717, 1.165) is 22.9 Å². The van der Waals surface area contributed by atoms with Gasteiger partial charge in [-0.2, -0.15) is 0 Å². The van der Waals surface area contributed by atoms with Gasteiger partial charge in [-0.25, -0.2) is 0 Å². The Morgan fingerprint density at radius 2 is 2.04 bits per heavy atom. The number of aryl methyl sites for hydroxylation is 1. The average molecular weight is 370 g/mol. The molecular weight excluding hydrogens is 356 g/mol.